The third-order valence-corrected chi connectivity index (χ3v) is 3.61. The number of amides is 1. The SMILES string of the molecule is CC(Oc1cccc2ccccc12)C(=O)NN=Cc1ccccc1. The summed E-state index contributed by atoms with van der Waals surface area (Å²) in [6.07, 6.45) is 0.950. The van der Waals surface area contributed by atoms with E-state index >= 15 is 0 Å². The lowest BCUT2D eigenvalue weighted by Crippen LogP contribution is -2.33. The van der Waals surface area contributed by atoms with Crippen LogP contribution in [0.15, 0.2) is 77.9 Å². The van der Waals surface area contributed by atoms with E-state index in [1.807, 2.05) is 72.8 Å². The average Bonchev–Trinajstić information content (AvgIpc) is 2.63. The van der Waals surface area contributed by atoms with Crippen LogP contribution in [0.1, 0.15) is 12.5 Å². The highest BCUT2D eigenvalue weighted by molar-refractivity contribution is 5.89. The number of carbonyl (C=O) groups is 1. The van der Waals surface area contributed by atoms with Gasteiger partial charge in [0.1, 0.15) is 5.75 Å². The Morgan fingerprint density at radius 3 is 2.54 bits per heavy atom. The van der Waals surface area contributed by atoms with Gasteiger partial charge in [-0.25, -0.2) is 5.43 Å². The molecule has 0 radical (unpaired) electrons. The van der Waals surface area contributed by atoms with Gasteiger partial charge in [0, 0.05) is 5.39 Å². The average molecular weight is 318 g/mol. The largest absolute Gasteiger partial charge is 0.480 e. The van der Waals surface area contributed by atoms with Crippen LogP contribution in [-0.2, 0) is 4.79 Å². The summed E-state index contributed by atoms with van der Waals surface area (Å²) in [7, 11) is 0. The van der Waals surface area contributed by atoms with Crippen molar-refractivity contribution in [2.45, 2.75) is 13.0 Å². The minimum Gasteiger partial charge on any atom is -0.480 e. The summed E-state index contributed by atoms with van der Waals surface area (Å²) >= 11 is 0. The summed E-state index contributed by atoms with van der Waals surface area (Å²) in [5.74, 6) is 0.387. The van der Waals surface area contributed by atoms with Gasteiger partial charge in [-0.3, -0.25) is 4.79 Å². The molecule has 1 N–H and O–H groups in total. The second-order valence-corrected chi connectivity index (χ2v) is 5.38. The van der Waals surface area contributed by atoms with E-state index in [1.165, 1.54) is 0 Å². The van der Waals surface area contributed by atoms with Gasteiger partial charge in [-0.1, -0.05) is 66.7 Å². The van der Waals surface area contributed by atoms with Gasteiger partial charge in [-0.15, -0.1) is 0 Å². The Morgan fingerprint density at radius 1 is 1.00 bits per heavy atom. The summed E-state index contributed by atoms with van der Waals surface area (Å²) in [4.78, 5) is 12.1. The summed E-state index contributed by atoms with van der Waals surface area (Å²) < 4.78 is 5.81. The van der Waals surface area contributed by atoms with Crippen molar-refractivity contribution < 1.29 is 9.53 Å². The molecule has 1 amide bonds. The van der Waals surface area contributed by atoms with Crippen LogP contribution < -0.4 is 10.2 Å². The Morgan fingerprint density at radius 2 is 1.71 bits per heavy atom. The quantitative estimate of drug-likeness (QED) is 0.575. The Balaban J connectivity index is 1.64. The number of carbonyl (C=O) groups excluding carboxylic acids is 1. The predicted molar refractivity (Wildman–Crippen MR) is 96.2 cm³/mol. The summed E-state index contributed by atoms with van der Waals surface area (Å²) in [6, 6.07) is 23.3. The lowest BCUT2D eigenvalue weighted by atomic mass is 10.1. The van der Waals surface area contributed by atoms with E-state index in [4.69, 9.17) is 4.74 Å². The number of nitrogens with zero attached hydrogens (tertiary/aromatic N) is 1. The van der Waals surface area contributed by atoms with Crippen LogP contribution >= 0.6 is 0 Å². The number of rotatable bonds is 5. The number of benzene rings is 3. The molecule has 4 nitrogen and oxygen atoms in total. The van der Waals surface area contributed by atoms with Gasteiger partial charge in [0.15, 0.2) is 6.10 Å². The van der Waals surface area contributed by atoms with Crippen LogP contribution in [0.25, 0.3) is 10.8 Å². The topological polar surface area (TPSA) is 50.7 Å². The fourth-order valence-corrected chi connectivity index (χ4v) is 2.34. The molecular weight excluding hydrogens is 300 g/mol. The number of hydrogen-bond acceptors (Lipinski definition) is 3. The minimum absolute atomic E-state index is 0.296. The molecule has 0 aliphatic rings. The van der Waals surface area contributed by atoms with Crippen LogP contribution in [0.2, 0.25) is 0 Å². The fourth-order valence-electron chi connectivity index (χ4n) is 2.34. The second-order valence-electron chi connectivity index (χ2n) is 5.38. The van der Waals surface area contributed by atoms with Gasteiger partial charge in [-0.05, 0) is 23.9 Å². The van der Waals surface area contributed by atoms with Crippen molar-refractivity contribution >= 4 is 22.9 Å². The summed E-state index contributed by atoms with van der Waals surface area (Å²) in [5, 5.41) is 6.01. The summed E-state index contributed by atoms with van der Waals surface area (Å²) in [6.45, 7) is 1.70. The lowest BCUT2D eigenvalue weighted by Gasteiger charge is -2.14. The third-order valence-electron chi connectivity index (χ3n) is 3.61. The van der Waals surface area contributed by atoms with Crippen LogP contribution in [0.3, 0.4) is 0 Å². The monoisotopic (exact) mass is 318 g/mol. The highest BCUT2D eigenvalue weighted by atomic mass is 16.5. The van der Waals surface area contributed by atoms with Crippen LogP contribution in [0, 0.1) is 0 Å². The standard InChI is InChI=1S/C20H18N2O2/c1-15(20(23)22-21-14-16-8-3-2-4-9-16)24-19-13-7-11-17-10-5-6-12-18(17)19/h2-15H,1H3,(H,22,23). The minimum atomic E-state index is -0.649. The van der Waals surface area contributed by atoms with Crippen molar-refractivity contribution in [3.05, 3.63) is 78.4 Å². The molecule has 0 aliphatic heterocycles. The maximum absolute atomic E-state index is 12.1. The van der Waals surface area contributed by atoms with Gasteiger partial charge in [0.2, 0.25) is 0 Å². The molecule has 1 atom stereocenters. The molecule has 4 heteroatoms. The molecule has 3 rings (SSSR count). The third kappa shape index (κ3) is 3.79. The first-order chi connectivity index (χ1) is 11.7. The Hall–Kier alpha value is -3.14. The van der Waals surface area contributed by atoms with Gasteiger partial charge < -0.3 is 4.74 Å². The molecule has 24 heavy (non-hydrogen) atoms. The molecule has 3 aromatic rings. The molecule has 0 spiro atoms. The van der Waals surface area contributed by atoms with Gasteiger partial charge in [-0.2, -0.15) is 5.10 Å². The first kappa shape index (κ1) is 15.7. The zero-order chi connectivity index (χ0) is 16.8. The van der Waals surface area contributed by atoms with Crippen molar-refractivity contribution in [2.75, 3.05) is 0 Å². The highest BCUT2D eigenvalue weighted by Gasteiger charge is 2.15. The van der Waals surface area contributed by atoms with E-state index in [1.54, 1.807) is 13.1 Å². The molecule has 0 aliphatic carbocycles. The molecule has 1 unspecified atom stereocenters. The van der Waals surface area contributed by atoms with Crippen LogP contribution in [0.5, 0.6) is 5.75 Å². The second kappa shape index (κ2) is 7.42. The van der Waals surface area contributed by atoms with Crippen molar-refractivity contribution in [3.8, 4) is 5.75 Å². The number of hydrogen-bond donors (Lipinski definition) is 1. The maximum atomic E-state index is 12.1. The van der Waals surface area contributed by atoms with Gasteiger partial charge >= 0.3 is 0 Å². The van der Waals surface area contributed by atoms with E-state index in [-0.39, 0.29) is 5.91 Å². The molecule has 0 heterocycles. The number of ether oxygens (including phenoxy) is 1. The van der Waals surface area contributed by atoms with E-state index < -0.39 is 6.10 Å². The van der Waals surface area contributed by atoms with E-state index in [0.29, 0.717) is 5.75 Å². The maximum Gasteiger partial charge on any atom is 0.280 e. The fraction of sp³-hybridized carbons (Fsp3) is 0.100. The first-order valence-electron chi connectivity index (χ1n) is 7.76. The van der Waals surface area contributed by atoms with E-state index in [9.17, 15) is 4.79 Å². The van der Waals surface area contributed by atoms with Crippen LogP contribution in [0.4, 0.5) is 0 Å². The Bertz CT molecular complexity index is 854. The Kier molecular flexibility index (Phi) is 4.87. The number of nitrogens with one attached hydrogen (secondary N) is 1. The molecule has 0 saturated heterocycles. The van der Waals surface area contributed by atoms with Crippen molar-refractivity contribution in [2.24, 2.45) is 5.10 Å². The summed E-state index contributed by atoms with van der Waals surface area (Å²) in [5.41, 5.74) is 3.42. The van der Waals surface area contributed by atoms with Crippen molar-refractivity contribution in [1.29, 1.82) is 0 Å². The van der Waals surface area contributed by atoms with E-state index in [2.05, 4.69) is 10.5 Å². The Labute approximate surface area is 140 Å². The molecule has 120 valence electrons. The zero-order valence-electron chi connectivity index (χ0n) is 13.3. The smallest absolute Gasteiger partial charge is 0.280 e. The van der Waals surface area contributed by atoms with Crippen LogP contribution in [-0.4, -0.2) is 18.2 Å². The number of fused-ring (bicyclic) bond motifs is 1. The highest BCUT2D eigenvalue weighted by Crippen LogP contribution is 2.25. The number of hydrazone groups is 1. The molecular formula is C20H18N2O2. The first-order valence-corrected chi connectivity index (χ1v) is 7.76. The molecule has 0 fully saturated rings. The van der Waals surface area contributed by atoms with Crippen molar-refractivity contribution in [3.63, 3.8) is 0 Å². The molecule has 0 saturated carbocycles. The molecule has 0 bridgehead atoms. The molecule has 3 aromatic carbocycles. The van der Waals surface area contributed by atoms with Gasteiger partial charge in [0.25, 0.3) is 5.91 Å². The van der Waals surface area contributed by atoms with Crippen molar-refractivity contribution in [1.82, 2.24) is 5.43 Å². The normalized spacial score (nSPS) is 12.2. The van der Waals surface area contributed by atoms with Gasteiger partial charge in [0.05, 0.1) is 6.21 Å². The zero-order valence-corrected chi connectivity index (χ0v) is 13.3. The predicted octanol–water partition coefficient (Wildman–Crippen LogP) is 3.76. The lowest BCUT2D eigenvalue weighted by molar-refractivity contribution is -0.127. The molecule has 0 aromatic heterocycles. The van der Waals surface area contributed by atoms with E-state index in [0.717, 1.165) is 16.3 Å².